The highest BCUT2D eigenvalue weighted by Crippen LogP contribution is 2.43. The molecule has 0 N–H and O–H groups in total. The molecular weight excluding hydrogens is 172 g/mol. The Balaban J connectivity index is 2.50. The van der Waals surface area contributed by atoms with Crippen LogP contribution in [0.15, 0.2) is 21.8 Å². The molecule has 1 rings (SSSR count). The van der Waals surface area contributed by atoms with E-state index in [0.29, 0.717) is 11.9 Å². The van der Waals surface area contributed by atoms with Crippen LogP contribution in [-0.4, -0.2) is 18.9 Å². The molecule has 1 fully saturated rings. The fraction of sp³-hybridized carbons (Fsp3) is 0.556. The first kappa shape index (κ1) is 9.46. The maximum Gasteiger partial charge on any atom is 0.113 e. The van der Waals surface area contributed by atoms with Gasteiger partial charge < -0.3 is 0 Å². The number of aliphatic imine (C=N–C) groups is 2. The standard InChI is InChI=1S/C9H13ClN2/c1-7-5-8(7)9(11-2)3-4-12-6-10/h3-4,7-8H,2,5-6H2,1H3/b9-3-,12-4-. The van der Waals surface area contributed by atoms with E-state index in [1.165, 1.54) is 6.42 Å². The third-order valence-electron chi connectivity index (χ3n) is 2.09. The van der Waals surface area contributed by atoms with Crippen LogP contribution >= 0.6 is 11.6 Å². The third kappa shape index (κ3) is 2.45. The van der Waals surface area contributed by atoms with Crippen molar-refractivity contribution in [2.75, 3.05) is 6.00 Å². The monoisotopic (exact) mass is 184 g/mol. The summed E-state index contributed by atoms with van der Waals surface area (Å²) < 4.78 is 0. The summed E-state index contributed by atoms with van der Waals surface area (Å²) in [6.07, 6.45) is 4.81. The first-order valence-electron chi connectivity index (χ1n) is 4.02. The van der Waals surface area contributed by atoms with E-state index in [0.717, 1.165) is 11.6 Å². The van der Waals surface area contributed by atoms with Crippen LogP contribution in [-0.2, 0) is 0 Å². The van der Waals surface area contributed by atoms with Crippen LogP contribution in [0.25, 0.3) is 0 Å². The maximum atomic E-state index is 5.38. The fourth-order valence-electron chi connectivity index (χ4n) is 1.20. The average Bonchev–Trinajstić information content (AvgIpc) is 2.77. The van der Waals surface area contributed by atoms with Crippen LogP contribution in [0.2, 0.25) is 0 Å². The molecule has 3 heteroatoms. The number of halogens is 1. The van der Waals surface area contributed by atoms with Crippen molar-refractivity contribution in [3.63, 3.8) is 0 Å². The minimum Gasteiger partial charge on any atom is -0.277 e. The lowest BCUT2D eigenvalue weighted by Gasteiger charge is -1.94. The Morgan fingerprint density at radius 3 is 2.83 bits per heavy atom. The second kappa shape index (κ2) is 4.41. The summed E-state index contributed by atoms with van der Waals surface area (Å²) >= 11 is 5.38. The molecule has 2 unspecified atom stereocenters. The summed E-state index contributed by atoms with van der Waals surface area (Å²) in [7, 11) is 0. The van der Waals surface area contributed by atoms with Gasteiger partial charge in [-0.3, -0.25) is 9.98 Å². The molecule has 0 spiro atoms. The molecule has 66 valence electrons. The summed E-state index contributed by atoms with van der Waals surface area (Å²) in [4.78, 5) is 7.82. The molecule has 0 bridgehead atoms. The van der Waals surface area contributed by atoms with Crippen molar-refractivity contribution in [2.45, 2.75) is 13.3 Å². The van der Waals surface area contributed by atoms with E-state index in [-0.39, 0.29) is 0 Å². The van der Waals surface area contributed by atoms with E-state index in [4.69, 9.17) is 11.6 Å². The highest BCUT2D eigenvalue weighted by Gasteiger charge is 2.35. The smallest absolute Gasteiger partial charge is 0.113 e. The molecule has 0 aromatic rings. The number of nitrogens with zero attached hydrogens (tertiary/aromatic N) is 2. The van der Waals surface area contributed by atoms with Gasteiger partial charge in [-0.25, -0.2) is 0 Å². The quantitative estimate of drug-likeness (QED) is 0.365. The summed E-state index contributed by atoms with van der Waals surface area (Å²) in [6.45, 7) is 5.73. The maximum absolute atomic E-state index is 5.38. The van der Waals surface area contributed by atoms with E-state index in [2.05, 4.69) is 23.6 Å². The molecular formula is C9H13ClN2. The van der Waals surface area contributed by atoms with Crippen molar-refractivity contribution in [3.05, 3.63) is 11.8 Å². The molecule has 1 aliphatic carbocycles. The predicted molar refractivity (Wildman–Crippen MR) is 54.1 cm³/mol. The largest absolute Gasteiger partial charge is 0.277 e. The van der Waals surface area contributed by atoms with Crippen LogP contribution in [0.5, 0.6) is 0 Å². The lowest BCUT2D eigenvalue weighted by molar-refractivity contribution is 0.849. The lowest BCUT2D eigenvalue weighted by atomic mass is 10.2. The molecule has 0 amide bonds. The van der Waals surface area contributed by atoms with Gasteiger partial charge in [0.1, 0.15) is 6.00 Å². The minimum atomic E-state index is 0.307. The van der Waals surface area contributed by atoms with Crippen LogP contribution < -0.4 is 0 Å². The van der Waals surface area contributed by atoms with Crippen molar-refractivity contribution in [2.24, 2.45) is 21.8 Å². The number of rotatable bonds is 4. The van der Waals surface area contributed by atoms with E-state index >= 15 is 0 Å². The second-order valence-electron chi connectivity index (χ2n) is 3.02. The number of hydrogen-bond acceptors (Lipinski definition) is 2. The number of allylic oxidation sites excluding steroid dienone is 2. The molecule has 2 nitrogen and oxygen atoms in total. The van der Waals surface area contributed by atoms with Gasteiger partial charge >= 0.3 is 0 Å². The van der Waals surface area contributed by atoms with Crippen LogP contribution in [0.3, 0.4) is 0 Å². The van der Waals surface area contributed by atoms with Gasteiger partial charge in [-0.05, 0) is 25.1 Å². The van der Waals surface area contributed by atoms with Crippen molar-refractivity contribution >= 4 is 24.5 Å². The van der Waals surface area contributed by atoms with Gasteiger partial charge in [-0.1, -0.05) is 6.92 Å². The van der Waals surface area contributed by atoms with Crippen LogP contribution in [0, 0.1) is 11.8 Å². The van der Waals surface area contributed by atoms with Gasteiger partial charge in [0.05, 0.1) is 0 Å². The first-order valence-corrected chi connectivity index (χ1v) is 4.55. The molecule has 0 aliphatic heterocycles. The van der Waals surface area contributed by atoms with Gasteiger partial charge in [0, 0.05) is 17.8 Å². The topological polar surface area (TPSA) is 24.7 Å². The van der Waals surface area contributed by atoms with Gasteiger partial charge in [0.25, 0.3) is 0 Å². The molecule has 1 saturated carbocycles. The van der Waals surface area contributed by atoms with Gasteiger partial charge in [-0.2, -0.15) is 0 Å². The van der Waals surface area contributed by atoms with Gasteiger partial charge in [0.15, 0.2) is 0 Å². The summed E-state index contributed by atoms with van der Waals surface area (Å²) in [5.74, 6) is 1.36. The SMILES string of the molecule is C=N/C(=C\C=N/CCl)C1CC1C. The molecule has 0 saturated heterocycles. The Hall–Kier alpha value is -0.630. The predicted octanol–water partition coefficient (Wildman–Crippen LogP) is 2.49. The van der Waals surface area contributed by atoms with E-state index in [1.54, 1.807) is 6.21 Å². The molecule has 1 aliphatic rings. The van der Waals surface area contributed by atoms with Crippen molar-refractivity contribution in [3.8, 4) is 0 Å². The van der Waals surface area contributed by atoms with Gasteiger partial charge in [-0.15, -0.1) is 11.6 Å². The Bertz CT molecular complexity index is 221. The van der Waals surface area contributed by atoms with E-state index in [9.17, 15) is 0 Å². The highest BCUT2D eigenvalue weighted by molar-refractivity contribution is 6.18. The molecule has 0 aromatic carbocycles. The minimum absolute atomic E-state index is 0.307. The lowest BCUT2D eigenvalue weighted by Crippen LogP contribution is -1.84. The van der Waals surface area contributed by atoms with Gasteiger partial charge in [0.2, 0.25) is 0 Å². The van der Waals surface area contributed by atoms with Crippen LogP contribution in [0.4, 0.5) is 0 Å². The zero-order valence-corrected chi connectivity index (χ0v) is 7.96. The summed E-state index contributed by atoms with van der Waals surface area (Å²) in [5.41, 5.74) is 1.04. The zero-order chi connectivity index (χ0) is 8.97. The second-order valence-corrected chi connectivity index (χ2v) is 3.26. The van der Waals surface area contributed by atoms with Crippen LogP contribution in [0.1, 0.15) is 13.3 Å². The summed E-state index contributed by atoms with van der Waals surface area (Å²) in [5, 5.41) is 0. The molecule has 0 heterocycles. The molecule has 2 atom stereocenters. The van der Waals surface area contributed by atoms with Crippen molar-refractivity contribution in [1.82, 2.24) is 0 Å². The molecule has 0 radical (unpaired) electrons. The van der Waals surface area contributed by atoms with Crippen molar-refractivity contribution in [1.29, 1.82) is 0 Å². The summed E-state index contributed by atoms with van der Waals surface area (Å²) in [6, 6.07) is 0.307. The van der Waals surface area contributed by atoms with Crippen molar-refractivity contribution < 1.29 is 0 Å². The Morgan fingerprint density at radius 1 is 1.75 bits per heavy atom. The number of hydrogen-bond donors (Lipinski definition) is 0. The fourth-order valence-corrected chi connectivity index (χ4v) is 1.28. The Kier molecular flexibility index (Phi) is 3.48. The third-order valence-corrected chi connectivity index (χ3v) is 2.23. The molecule has 12 heavy (non-hydrogen) atoms. The van der Waals surface area contributed by atoms with E-state index in [1.807, 2.05) is 6.08 Å². The average molecular weight is 185 g/mol. The first-order chi connectivity index (χ1) is 5.79. The normalized spacial score (nSPS) is 29.3. The van der Waals surface area contributed by atoms with E-state index < -0.39 is 0 Å². The number of alkyl halides is 1. The Morgan fingerprint density at radius 2 is 2.42 bits per heavy atom. The zero-order valence-electron chi connectivity index (χ0n) is 7.20. The molecule has 0 aromatic heterocycles. The Labute approximate surface area is 78.1 Å². The highest BCUT2D eigenvalue weighted by atomic mass is 35.5.